The number of allylic oxidation sites excluding steroid dienone is 2. The van der Waals surface area contributed by atoms with Crippen LogP contribution in [0.2, 0.25) is 0 Å². The van der Waals surface area contributed by atoms with Crippen LogP contribution in [-0.2, 0) is 11.2 Å². The Hall–Kier alpha value is -1.91. The zero-order chi connectivity index (χ0) is 19.9. The number of benzene rings is 1. The number of hydrogen-bond donors (Lipinski definition) is 3. The number of carboxylic acids is 1. The topological polar surface area (TPSA) is 77.8 Å². The Morgan fingerprint density at radius 1 is 1.21 bits per heavy atom. The van der Waals surface area contributed by atoms with Crippen LogP contribution < -0.4 is 0 Å². The minimum absolute atomic E-state index is 0.112. The van der Waals surface area contributed by atoms with E-state index in [0.717, 1.165) is 32.1 Å². The fourth-order valence-electron chi connectivity index (χ4n) is 4.81. The maximum atomic E-state index is 10.6. The van der Waals surface area contributed by atoms with E-state index in [2.05, 4.69) is 18.2 Å². The highest BCUT2D eigenvalue weighted by molar-refractivity contribution is 5.66. The van der Waals surface area contributed by atoms with E-state index < -0.39 is 12.1 Å². The van der Waals surface area contributed by atoms with Crippen molar-refractivity contribution >= 4 is 5.97 Å². The molecule has 2 aliphatic carbocycles. The van der Waals surface area contributed by atoms with Crippen molar-refractivity contribution in [2.24, 2.45) is 17.8 Å². The summed E-state index contributed by atoms with van der Waals surface area (Å²) in [7, 11) is 0. The molecule has 0 saturated heterocycles. The first-order chi connectivity index (χ1) is 13.5. The number of aliphatic hydroxyl groups is 2. The predicted octanol–water partition coefficient (Wildman–Crippen LogP) is 4.12. The molecule has 2 saturated carbocycles. The van der Waals surface area contributed by atoms with Crippen LogP contribution in [0.5, 0.6) is 0 Å². The third-order valence-electron chi connectivity index (χ3n) is 6.27. The van der Waals surface area contributed by atoms with Gasteiger partial charge in [-0.05, 0) is 62.3 Å². The highest BCUT2D eigenvalue weighted by Crippen LogP contribution is 2.50. The first-order valence-corrected chi connectivity index (χ1v) is 10.5. The number of fused-ring (bicyclic) bond motifs is 1. The Morgan fingerprint density at radius 2 is 2.00 bits per heavy atom. The van der Waals surface area contributed by atoms with Crippen LogP contribution in [0.1, 0.15) is 50.5 Å². The molecule has 4 nitrogen and oxygen atoms in total. The fourth-order valence-corrected chi connectivity index (χ4v) is 4.81. The van der Waals surface area contributed by atoms with E-state index in [0.29, 0.717) is 24.7 Å². The summed E-state index contributed by atoms with van der Waals surface area (Å²) in [6, 6.07) is 10.2. The largest absolute Gasteiger partial charge is 0.481 e. The minimum atomic E-state index is -0.735. The normalized spacial score (nSPS) is 29.4. The lowest BCUT2D eigenvalue weighted by atomic mass is 9.90. The van der Waals surface area contributed by atoms with Crippen molar-refractivity contribution in [3.8, 4) is 0 Å². The molecule has 0 bridgehead atoms. The number of rotatable bonds is 9. The van der Waals surface area contributed by atoms with Gasteiger partial charge in [0.05, 0.1) is 12.2 Å². The van der Waals surface area contributed by atoms with Crippen molar-refractivity contribution in [3.63, 3.8) is 0 Å². The Bertz CT molecular complexity index is 694. The number of unbranched alkanes of at least 4 members (excludes halogenated alkanes) is 1. The minimum Gasteiger partial charge on any atom is -0.481 e. The quantitative estimate of drug-likeness (QED) is 0.442. The zero-order valence-corrected chi connectivity index (χ0v) is 16.4. The Kier molecular flexibility index (Phi) is 7.46. The maximum Gasteiger partial charge on any atom is 0.303 e. The van der Waals surface area contributed by atoms with Gasteiger partial charge in [-0.2, -0.15) is 0 Å². The number of aliphatic carboxylic acids is 1. The van der Waals surface area contributed by atoms with Gasteiger partial charge in [-0.1, -0.05) is 54.1 Å². The lowest BCUT2D eigenvalue weighted by Gasteiger charge is -2.18. The van der Waals surface area contributed by atoms with Gasteiger partial charge in [-0.3, -0.25) is 4.79 Å². The van der Waals surface area contributed by atoms with E-state index in [4.69, 9.17) is 5.11 Å². The molecule has 1 aromatic carbocycles. The predicted molar refractivity (Wildman–Crippen MR) is 110 cm³/mol. The smallest absolute Gasteiger partial charge is 0.303 e. The third-order valence-corrected chi connectivity index (χ3v) is 6.27. The summed E-state index contributed by atoms with van der Waals surface area (Å²) >= 11 is 0. The molecule has 4 heteroatoms. The summed E-state index contributed by atoms with van der Waals surface area (Å²) in [6.07, 6.45) is 11.4. The second-order valence-corrected chi connectivity index (χ2v) is 8.34. The SMILES string of the molecule is O=C(O)CCC/C=C1/C[C@H]2C[C@@H](O)[C@H](/C=C/[C@@H](O)CCc3ccccc3)[C@H]2C1. The van der Waals surface area contributed by atoms with E-state index in [9.17, 15) is 15.0 Å². The van der Waals surface area contributed by atoms with Crippen molar-refractivity contribution in [2.45, 2.75) is 63.6 Å². The number of aryl methyl sites for hydroxylation is 1. The molecular weight excluding hydrogens is 352 g/mol. The average Bonchev–Trinajstić information content (AvgIpc) is 3.19. The summed E-state index contributed by atoms with van der Waals surface area (Å²) in [5.41, 5.74) is 2.64. The molecule has 0 radical (unpaired) electrons. The van der Waals surface area contributed by atoms with E-state index in [1.807, 2.05) is 30.4 Å². The fraction of sp³-hybridized carbons (Fsp3) is 0.542. The molecular formula is C24H32O4. The van der Waals surface area contributed by atoms with Crippen LogP contribution in [0.25, 0.3) is 0 Å². The van der Waals surface area contributed by atoms with Gasteiger partial charge in [-0.15, -0.1) is 0 Å². The van der Waals surface area contributed by atoms with E-state index in [-0.39, 0.29) is 18.4 Å². The van der Waals surface area contributed by atoms with Gasteiger partial charge in [0, 0.05) is 12.3 Å². The van der Waals surface area contributed by atoms with Crippen molar-refractivity contribution in [1.29, 1.82) is 0 Å². The monoisotopic (exact) mass is 384 g/mol. The van der Waals surface area contributed by atoms with Crippen molar-refractivity contribution < 1.29 is 20.1 Å². The highest BCUT2D eigenvalue weighted by atomic mass is 16.4. The molecule has 0 amide bonds. The molecule has 0 heterocycles. The van der Waals surface area contributed by atoms with Crippen LogP contribution in [0.3, 0.4) is 0 Å². The highest BCUT2D eigenvalue weighted by Gasteiger charge is 2.44. The third kappa shape index (κ3) is 5.79. The molecule has 0 unspecified atom stereocenters. The van der Waals surface area contributed by atoms with Crippen molar-refractivity contribution in [2.75, 3.05) is 0 Å². The molecule has 3 rings (SSSR count). The molecule has 2 aliphatic rings. The molecule has 5 atom stereocenters. The van der Waals surface area contributed by atoms with E-state index in [1.54, 1.807) is 0 Å². The van der Waals surface area contributed by atoms with Gasteiger partial charge >= 0.3 is 5.97 Å². The van der Waals surface area contributed by atoms with Crippen LogP contribution in [0.15, 0.2) is 54.1 Å². The van der Waals surface area contributed by atoms with Crippen molar-refractivity contribution in [1.82, 2.24) is 0 Å². The van der Waals surface area contributed by atoms with Gasteiger partial charge in [-0.25, -0.2) is 0 Å². The molecule has 1 aromatic rings. The second kappa shape index (κ2) is 10.0. The van der Waals surface area contributed by atoms with Crippen LogP contribution >= 0.6 is 0 Å². The van der Waals surface area contributed by atoms with Crippen LogP contribution in [-0.4, -0.2) is 33.5 Å². The van der Waals surface area contributed by atoms with Gasteiger partial charge in [0.25, 0.3) is 0 Å². The number of carboxylic acid groups (broad SMARTS) is 1. The Labute approximate surface area is 167 Å². The first kappa shape index (κ1) is 20.8. The number of aliphatic hydroxyl groups excluding tert-OH is 2. The summed E-state index contributed by atoms with van der Waals surface area (Å²) in [4.78, 5) is 10.6. The Balaban J connectivity index is 1.49. The second-order valence-electron chi connectivity index (χ2n) is 8.34. The van der Waals surface area contributed by atoms with Gasteiger partial charge in [0.2, 0.25) is 0 Å². The molecule has 2 fully saturated rings. The van der Waals surface area contributed by atoms with Crippen molar-refractivity contribution in [3.05, 3.63) is 59.7 Å². The van der Waals surface area contributed by atoms with E-state index in [1.165, 1.54) is 11.1 Å². The molecule has 28 heavy (non-hydrogen) atoms. The summed E-state index contributed by atoms with van der Waals surface area (Å²) < 4.78 is 0. The number of hydrogen-bond acceptors (Lipinski definition) is 3. The Morgan fingerprint density at radius 3 is 2.75 bits per heavy atom. The lowest BCUT2D eigenvalue weighted by molar-refractivity contribution is -0.137. The maximum absolute atomic E-state index is 10.6. The van der Waals surface area contributed by atoms with E-state index >= 15 is 0 Å². The molecule has 3 N–H and O–H groups in total. The van der Waals surface area contributed by atoms with Gasteiger partial charge in [0.1, 0.15) is 0 Å². The zero-order valence-electron chi connectivity index (χ0n) is 16.4. The standard InChI is InChI=1S/C24H32O4/c25-20(11-10-17-6-2-1-3-7-17)12-13-21-22-15-18(8-4-5-9-24(27)28)14-19(22)16-23(21)26/h1-3,6-8,12-13,19-23,25-26H,4-5,9-11,14-16H2,(H,27,28)/b13-12+,18-8-/t19-,20-,21+,22-,23+/m0/s1. The van der Waals surface area contributed by atoms with Crippen LogP contribution in [0, 0.1) is 17.8 Å². The van der Waals surface area contributed by atoms with Gasteiger partial charge in [0.15, 0.2) is 0 Å². The molecule has 0 spiro atoms. The van der Waals surface area contributed by atoms with Gasteiger partial charge < -0.3 is 15.3 Å². The summed E-state index contributed by atoms with van der Waals surface area (Å²) in [5, 5.41) is 29.5. The average molecular weight is 385 g/mol. The molecule has 0 aromatic heterocycles. The lowest BCUT2D eigenvalue weighted by Crippen LogP contribution is -2.17. The molecule has 152 valence electrons. The summed E-state index contributed by atoms with van der Waals surface area (Å²) in [5.74, 6) is 0.331. The van der Waals surface area contributed by atoms with Crippen LogP contribution in [0.4, 0.5) is 0 Å². The number of carbonyl (C=O) groups is 1. The molecule has 0 aliphatic heterocycles. The first-order valence-electron chi connectivity index (χ1n) is 10.5. The summed E-state index contributed by atoms with van der Waals surface area (Å²) in [6.45, 7) is 0.